The largest absolute Gasteiger partial charge is 0.465 e. The minimum atomic E-state index is -0.489. The molecule has 0 N–H and O–H groups in total. The lowest BCUT2D eigenvalue weighted by Crippen LogP contribution is -2.12. The van der Waals surface area contributed by atoms with E-state index in [1.807, 2.05) is 6.92 Å². The average Bonchev–Trinajstić information content (AvgIpc) is 2.44. The van der Waals surface area contributed by atoms with Crippen molar-refractivity contribution in [1.29, 1.82) is 0 Å². The summed E-state index contributed by atoms with van der Waals surface area (Å²) in [7, 11) is 0. The number of esters is 1. The van der Waals surface area contributed by atoms with Gasteiger partial charge in [-0.2, -0.15) is 0 Å². The van der Waals surface area contributed by atoms with Crippen LogP contribution in [0.3, 0.4) is 0 Å². The third-order valence-corrected chi connectivity index (χ3v) is 2.89. The summed E-state index contributed by atoms with van der Waals surface area (Å²) in [6.45, 7) is 2.13. The summed E-state index contributed by atoms with van der Waals surface area (Å²) in [5, 5.41) is 10.5. The number of nitrogens with zero attached hydrogens (tertiary/aromatic N) is 1. The van der Waals surface area contributed by atoms with Gasteiger partial charge >= 0.3 is 5.97 Å². The van der Waals surface area contributed by atoms with E-state index in [9.17, 15) is 19.7 Å². The molecule has 0 aliphatic rings. The van der Waals surface area contributed by atoms with Gasteiger partial charge in [0.05, 0.1) is 11.5 Å². The highest BCUT2D eigenvalue weighted by Gasteiger charge is 2.09. The number of carbonyl (C=O) groups is 2. The van der Waals surface area contributed by atoms with Gasteiger partial charge in [-0.05, 0) is 24.8 Å². The van der Waals surface area contributed by atoms with Crippen LogP contribution in [-0.4, -0.2) is 23.3 Å². The summed E-state index contributed by atoms with van der Waals surface area (Å²) in [6, 6.07) is 6.27. The van der Waals surface area contributed by atoms with Crippen LogP contribution < -0.4 is 0 Å². The van der Waals surface area contributed by atoms with Gasteiger partial charge in [-0.25, -0.2) is 0 Å². The number of aryl methyl sites for hydroxylation is 1. The second-order valence-electron chi connectivity index (χ2n) is 4.71. The van der Waals surface area contributed by atoms with E-state index in [0.29, 0.717) is 19.3 Å². The lowest BCUT2D eigenvalue weighted by Gasteiger charge is -2.04. The Morgan fingerprint density at radius 2 is 1.90 bits per heavy atom. The summed E-state index contributed by atoms with van der Waals surface area (Å²) in [4.78, 5) is 32.6. The van der Waals surface area contributed by atoms with Crippen LogP contribution >= 0.6 is 0 Å². The first-order chi connectivity index (χ1) is 10.0. The van der Waals surface area contributed by atoms with Crippen molar-refractivity contribution >= 4 is 17.4 Å². The molecule has 0 amide bonds. The molecule has 6 heteroatoms. The molecule has 0 aliphatic heterocycles. The van der Waals surface area contributed by atoms with Crippen LogP contribution in [0.1, 0.15) is 38.2 Å². The maximum Gasteiger partial charge on any atom is 0.313 e. The summed E-state index contributed by atoms with van der Waals surface area (Å²) in [5.74, 6) is -0.588. The molecule has 0 fully saturated rings. The van der Waals surface area contributed by atoms with E-state index in [1.54, 1.807) is 12.1 Å². The molecule has 21 heavy (non-hydrogen) atoms. The maximum absolute atomic E-state index is 11.3. The number of ketones is 1. The molecule has 1 rings (SSSR count). The van der Waals surface area contributed by atoms with E-state index in [0.717, 1.165) is 12.0 Å². The van der Waals surface area contributed by atoms with Crippen molar-refractivity contribution in [3.8, 4) is 0 Å². The zero-order valence-electron chi connectivity index (χ0n) is 12.0. The normalized spacial score (nSPS) is 10.1. The van der Waals surface area contributed by atoms with Crippen LogP contribution in [0.4, 0.5) is 5.69 Å². The molecule has 1 aromatic rings. The molecule has 0 bridgehead atoms. The van der Waals surface area contributed by atoms with Crippen molar-refractivity contribution in [2.24, 2.45) is 0 Å². The predicted molar refractivity (Wildman–Crippen MR) is 76.9 cm³/mol. The van der Waals surface area contributed by atoms with E-state index >= 15 is 0 Å². The third kappa shape index (κ3) is 6.65. The van der Waals surface area contributed by atoms with Gasteiger partial charge in [-0.1, -0.05) is 19.1 Å². The monoisotopic (exact) mass is 293 g/mol. The second kappa shape index (κ2) is 8.84. The van der Waals surface area contributed by atoms with E-state index in [-0.39, 0.29) is 24.5 Å². The van der Waals surface area contributed by atoms with Crippen LogP contribution in [0.2, 0.25) is 0 Å². The topological polar surface area (TPSA) is 86.5 Å². The van der Waals surface area contributed by atoms with Gasteiger partial charge < -0.3 is 4.74 Å². The molecule has 0 radical (unpaired) electrons. The molecule has 0 atom stereocenters. The first-order valence-corrected chi connectivity index (χ1v) is 6.93. The second-order valence-corrected chi connectivity index (χ2v) is 4.71. The Hall–Kier alpha value is -2.24. The third-order valence-electron chi connectivity index (χ3n) is 2.89. The summed E-state index contributed by atoms with van der Waals surface area (Å²) in [5.41, 5.74) is 0.998. The van der Waals surface area contributed by atoms with Crippen LogP contribution in [-0.2, 0) is 20.7 Å². The highest BCUT2D eigenvalue weighted by atomic mass is 16.6. The smallest absolute Gasteiger partial charge is 0.313 e. The van der Waals surface area contributed by atoms with Crippen LogP contribution in [0, 0.1) is 10.1 Å². The van der Waals surface area contributed by atoms with Crippen LogP contribution in [0.25, 0.3) is 0 Å². The highest BCUT2D eigenvalue weighted by Crippen LogP contribution is 2.13. The van der Waals surface area contributed by atoms with E-state index in [2.05, 4.69) is 0 Å². The van der Waals surface area contributed by atoms with Crippen molar-refractivity contribution in [1.82, 2.24) is 0 Å². The standard InChI is InChI=1S/C15H19NO5/c1-2-4-14(17)11-15(18)21-10-3-5-12-6-8-13(9-7-12)16(19)20/h6-9H,2-5,10-11H2,1H3. The van der Waals surface area contributed by atoms with Crippen molar-refractivity contribution in [3.05, 3.63) is 39.9 Å². The number of nitro benzene ring substituents is 1. The van der Waals surface area contributed by atoms with Gasteiger partial charge in [0.2, 0.25) is 0 Å². The number of ether oxygens (including phenoxy) is 1. The van der Waals surface area contributed by atoms with Crippen LogP contribution in [0.5, 0.6) is 0 Å². The number of carbonyl (C=O) groups excluding carboxylic acids is 2. The summed E-state index contributed by atoms with van der Waals surface area (Å²) in [6.07, 6.45) is 2.25. The molecule has 0 heterocycles. The fourth-order valence-electron chi connectivity index (χ4n) is 1.83. The molecule has 0 aromatic heterocycles. The van der Waals surface area contributed by atoms with E-state index in [1.165, 1.54) is 12.1 Å². The average molecular weight is 293 g/mol. The van der Waals surface area contributed by atoms with Crippen molar-refractivity contribution < 1.29 is 19.2 Å². The van der Waals surface area contributed by atoms with Gasteiger partial charge in [-0.15, -0.1) is 0 Å². The Balaban J connectivity index is 2.23. The van der Waals surface area contributed by atoms with Gasteiger partial charge in [0.15, 0.2) is 0 Å². The zero-order chi connectivity index (χ0) is 15.7. The zero-order valence-corrected chi connectivity index (χ0v) is 12.0. The number of rotatable bonds is 9. The van der Waals surface area contributed by atoms with Gasteiger partial charge in [-0.3, -0.25) is 19.7 Å². The van der Waals surface area contributed by atoms with Crippen molar-refractivity contribution in [2.75, 3.05) is 6.61 Å². The number of non-ortho nitro benzene ring substituents is 1. The quantitative estimate of drug-likeness (QED) is 0.230. The predicted octanol–water partition coefficient (Wildman–Crippen LogP) is 2.83. The highest BCUT2D eigenvalue weighted by molar-refractivity contribution is 5.95. The van der Waals surface area contributed by atoms with Gasteiger partial charge in [0.25, 0.3) is 5.69 Å². The minimum absolute atomic E-state index is 0.0552. The minimum Gasteiger partial charge on any atom is -0.465 e. The molecular formula is C15H19NO5. The lowest BCUT2D eigenvalue weighted by molar-refractivity contribution is -0.384. The molecule has 0 saturated carbocycles. The number of Topliss-reactive ketones (excluding diaryl/α,β-unsaturated/α-hetero) is 1. The number of hydrogen-bond donors (Lipinski definition) is 0. The molecule has 0 unspecified atom stereocenters. The van der Waals surface area contributed by atoms with Gasteiger partial charge in [0.1, 0.15) is 12.2 Å². The maximum atomic E-state index is 11.3. The molecule has 6 nitrogen and oxygen atoms in total. The molecule has 0 aliphatic carbocycles. The Kier molecular flexibility index (Phi) is 7.08. The fraction of sp³-hybridized carbons (Fsp3) is 0.467. The molecule has 1 aromatic carbocycles. The SMILES string of the molecule is CCCC(=O)CC(=O)OCCCc1ccc([N+](=O)[O-])cc1. The number of benzene rings is 1. The molecule has 114 valence electrons. The number of nitro groups is 1. The molecule has 0 spiro atoms. The van der Waals surface area contributed by atoms with E-state index < -0.39 is 10.9 Å². The van der Waals surface area contributed by atoms with Crippen molar-refractivity contribution in [2.45, 2.75) is 39.0 Å². The molecular weight excluding hydrogens is 274 g/mol. The summed E-state index contributed by atoms with van der Waals surface area (Å²) >= 11 is 0. The fourth-order valence-corrected chi connectivity index (χ4v) is 1.83. The van der Waals surface area contributed by atoms with Crippen molar-refractivity contribution in [3.63, 3.8) is 0 Å². The first-order valence-electron chi connectivity index (χ1n) is 6.93. The Labute approximate surface area is 123 Å². The Morgan fingerprint density at radius 3 is 2.48 bits per heavy atom. The number of hydrogen-bond acceptors (Lipinski definition) is 5. The van der Waals surface area contributed by atoms with Crippen LogP contribution in [0.15, 0.2) is 24.3 Å². The first kappa shape index (κ1) is 16.8. The Morgan fingerprint density at radius 1 is 1.24 bits per heavy atom. The molecule has 0 saturated heterocycles. The summed E-state index contributed by atoms with van der Waals surface area (Å²) < 4.78 is 4.97. The lowest BCUT2D eigenvalue weighted by atomic mass is 10.1. The van der Waals surface area contributed by atoms with Gasteiger partial charge in [0, 0.05) is 18.6 Å². The van der Waals surface area contributed by atoms with E-state index in [4.69, 9.17) is 4.74 Å². The Bertz CT molecular complexity index is 495.